The van der Waals surface area contributed by atoms with Gasteiger partial charge in [-0.3, -0.25) is 9.89 Å². The van der Waals surface area contributed by atoms with Crippen molar-refractivity contribution >= 4 is 28.5 Å². The first-order valence-electron chi connectivity index (χ1n) is 10.3. The summed E-state index contributed by atoms with van der Waals surface area (Å²) in [5.74, 6) is -1.00. The molecule has 3 aliphatic carbocycles. The van der Waals surface area contributed by atoms with Gasteiger partial charge in [0, 0.05) is 6.04 Å². The number of imidazole rings is 1. The summed E-state index contributed by atoms with van der Waals surface area (Å²) in [7, 11) is 0. The first-order valence-corrected chi connectivity index (χ1v) is 10.3. The van der Waals surface area contributed by atoms with Crippen LogP contribution in [-0.4, -0.2) is 51.9 Å². The van der Waals surface area contributed by atoms with E-state index in [1.807, 2.05) is 0 Å². The fourth-order valence-corrected chi connectivity index (χ4v) is 5.28. The number of halogens is 1. The summed E-state index contributed by atoms with van der Waals surface area (Å²) in [6.07, 6.45) is 8.17. The van der Waals surface area contributed by atoms with Crippen LogP contribution in [0.1, 0.15) is 25.7 Å². The van der Waals surface area contributed by atoms with Crippen LogP contribution < -0.4 is 5.32 Å². The number of hydrogen-bond acceptors (Lipinski definition) is 7. The Morgan fingerprint density at radius 3 is 2.81 bits per heavy atom. The Morgan fingerprint density at radius 1 is 1.19 bits per heavy atom. The van der Waals surface area contributed by atoms with Gasteiger partial charge in [-0.25, -0.2) is 23.9 Å². The summed E-state index contributed by atoms with van der Waals surface area (Å²) in [4.78, 5) is 24.8. The highest BCUT2D eigenvalue weighted by Crippen LogP contribution is 2.46. The van der Waals surface area contributed by atoms with Crippen molar-refractivity contribution in [2.45, 2.75) is 31.7 Å². The van der Waals surface area contributed by atoms with Gasteiger partial charge in [-0.2, -0.15) is 5.10 Å². The third-order valence-electron chi connectivity index (χ3n) is 6.69. The van der Waals surface area contributed by atoms with Gasteiger partial charge in [-0.05, 0) is 43.6 Å². The Hall–Kier alpha value is -3.63. The average molecular weight is 422 g/mol. The number of carboxylic acids is 1. The highest BCUT2D eigenvalue weighted by atomic mass is 19.1. The molecular weight excluding hydrogens is 403 g/mol. The van der Waals surface area contributed by atoms with Crippen LogP contribution in [0.4, 0.5) is 10.3 Å². The van der Waals surface area contributed by atoms with Gasteiger partial charge in [0.2, 0.25) is 5.95 Å². The number of carboxylic acid groups (broad SMARTS) is 1. The lowest BCUT2D eigenvalue weighted by atomic mass is 9.61. The fraction of sp³-hybridized carbons (Fsp3) is 0.400. The summed E-state index contributed by atoms with van der Waals surface area (Å²) in [6, 6.07) is 1.11. The molecule has 3 fully saturated rings. The second-order valence-electron chi connectivity index (χ2n) is 8.34. The maximum absolute atomic E-state index is 13.8. The van der Waals surface area contributed by atoms with E-state index < -0.39 is 17.7 Å². The van der Waals surface area contributed by atoms with E-state index >= 15 is 0 Å². The number of hydrogen-bond donors (Lipinski definition) is 3. The van der Waals surface area contributed by atoms with Crippen molar-refractivity contribution < 1.29 is 14.3 Å². The molecule has 4 aromatic heterocycles. The molecule has 3 N–H and O–H groups in total. The number of nitrogens with zero attached hydrogens (tertiary/aromatic N) is 6. The number of pyridine rings is 1. The Bertz CT molecular complexity index is 1310. The monoisotopic (exact) mass is 422 g/mol. The zero-order valence-electron chi connectivity index (χ0n) is 16.4. The maximum Gasteiger partial charge on any atom is 0.308 e. The predicted molar refractivity (Wildman–Crippen MR) is 108 cm³/mol. The van der Waals surface area contributed by atoms with Crippen molar-refractivity contribution in [3.63, 3.8) is 0 Å². The van der Waals surface area contributed by atoms with Crippen molar-refractivity contribution in [3.05, 3.63) is 30.6 Å². The van der Waals surface area contributed by atoms with E-state index in [-0.39, 0.29) is 17.9 Å². The first-order chi connectivity index (χ1) is 15.1. The molecule has 7 rings (SSSR count). The minimum atomic E-state index is -0.782. The second kappa shape index (κ2) is 6.69. The molecule has 0 radical (unpaired) electrons. The molecule has 4 heterocycles. The molecule has 158 valence electrons. The number of rotatable bonds is 4. The summed E-state index contributed by atoms with van der Waals surface area (Å²) in [5.41, 5.74) is 1.93. The van der Waals surface area contributed by atoms with E-state index in [1.165, 1.54) is 6.07 Å². The smallest absolute Gasteiger partial charge is 0.308 e. The summed E-state index contributed by atoms with van der Waals surface area (Å²) < 4.78 is 15.4. The minimum Gasteiger partial charge on any atom is -0.481 e. The van der Waals surface area contributed by atoms with Crippen LogP contribution in [0.15, 0.2) is 24.8 Å². The first kappa shape index (κ1) is 18.2. The molecule has 11 heteroatoms. The topological polar surface area (TPSA) is 134 Å². The highest BCUT2D eigenvalue weighted by Gasteiger charge is 2.47. The third-order valence-corrected chi connectivity index (χ3v) is 6.69. The molecular formula is C20H19FN8O2. The standard InChI is InChI=1S/C20H19FN8O2/c21-11-5-12-16(26-27-18(12)23-6-11)17-13-7-22-8-29(13)28-20(25-17)24-15-10-3-1-9(2-4-10)14(15)19(30)31/h5-10,14-15H,1-4H2,(H,24,28)(H,30,31)(H,23,26,27)/t9?,10?,14-,15-/m0/s1. The third kappa shape index (κ3) is 2.83. The average Bonchev–Trinajstić information content (AvgIpc) is 3.40. The Kier molecular flexibility index (Phi) is 3.92. The normalized spacial score (nSPS) is 25.3. The second-order valence-corrected chi connectivity index (χ2v) is 8.34. The molecule has 10 nitrogen and oxygen atoms in total. The lowest BCUT2D eigenvalue weighted by molar-refractivity contribution is -0.148. The van der Waals surface area contributed by atoms with E-state index in [0.717, 1.165) is 31.9 Å². The summed E-state index contributed by atoms with van der Waals surface area (Å²) in [5, 5.41) is 25.2. The number of carbonyl (C=O) groups is 1. The number of anilines is 1. The molecule has 4 aromatic rings. The van der Waals surface area contributed by atoms with E-state index in [0.29, 0.717) is 33.9 Å². The van der Waals surface area contributed by atoms with Gasteiger partial charge in [0.25, 0.3) is 0 Å². The van der Waals surface area contributed by atoms with Crippen molar-refractivity contribution in [2.75, 3.05) is 5.32 Å². The van der Waals surface area contributed by atoms with Crippen molar-refractivity contribution in [2.24, 2.45) is 17.8 Å². The molecule has 0 saturated heterocycles. The van der Waals surface area contributed by atoms with Gasteiger partial charge in [0.05, 0.1) is 23.7 Å². The van der Waals surface area contributed by atoms with Crippen LogP contribution in [0.25, 0.3) is 27.9 Å². The minimum absolute atomic E-state index is 0.167. The number of nitrogens with one attached hydrogen (secondary N) is 2. The van der Waals surface area contributed by atoms with E-state index in [9.17, 15) is 14.3 Å². The molecule has 0 spiro atoms. The van der Waals surface area contributed by atoms with Gasteiger partial charge >= 0.3 is 5.97 Å². The van der Waals surface area contributed by atoms with Crippen LogP contribution in [0.2, 0.25) is 0 Å². The fourth-order valence-electron chi connectivity index (χ4n) is 5.28. The summed E-state index contributed by atoms with van der Waals surface area (Å²) >= 11 is 0. The Morgan fingerprint density at radius 2 is 2.00 bits per heavy atom. The largest absolute Gasteiger partial charge is 0.481 e. The van der Waals surface area contributed by atoms with Crippen LogP contribution in [0.3, 0.4) is 0 Å². The molecule has 3 aliphatic rings. The molecule has 31 heavy (non-hydrogen) atoms. The molecule has 0 unspecified atom stereocenters. The SMILES string of the molecule is O=C(O)[C@H]1C2CCC(CC2)[C@@H]1Nc1nc(-c2n[nH]c3ncc(F)cc23)c2cncn2n1. The molecule has 0 amide bonds. The Labute approximate surface area is 174 Å². The van der Waals surface area contributed by atoms with Crippen LogP contribution in [0.5, 0.6) is 0 Å². The maximum atomic E-state index is 13.8. The summed E-state index contributed by atoms with van der Waals surface area (Å²) in [6.45, 7) is 0. The van der Waals surface area contributed by atoms with Gasteiger partial charge in [0.1, 0.15) is 29.0 Å². The van der Waals surface area contributed by atoms with Crippen molar-refractivity contribution in [3.8, 4) is 11.4 Å². The number of fused-ring (bicyclic) bond motifs is 5. The molecule has 0 aliphatic heterocycles. The molecule has 2 atom stereocenters. The van der Waals surface area contributed by atoms with E-state index in [1.54, 1.807) is 17.0 Å². The predicted octanol–water partition coefficient (Wildman–Crippen LogP) is 2.50. The quantitative estimate of drug-likeness (QED) is 0.457. The van der Waals surface area contributed by atoms with Gasteiger partial charge in [0.15, 0.2) is 5.65 Å². The van der Waals surface area contributed by atoms with E-state index in [4.69, 9.17) is 0 Å². The van der Waals surface area contributed by atoms with Crippen LogP contribution >= 0.6 is 0 Å². The van der Waals surface area contributed by atoms with Gasteiger partial charge < -0.3 is 10.4 Å². The highest BCUT2D eigenvalue weighted by molar-refractivity contribution is 5.93. The lowest BCUT2D eigenvalue weighted by Gasteiger charge is -2.46. The zero-order valence-corrected chi connectivity index (χ0v) is 16.4. The molecule has 2 bridgehead atoms. The number of aromatic amines is 1. The van der Waals surface area contributed by atoms with Crippen LogP contribution in [-0.2, 0) is 4.79 Å². The molecule has 0 aromatic carbocycles. The Balaban J connectivity index is 1.45. The van der Waals surface area contributed by atoms with Crippen molar-refractivity contribution in [1.29, 1.82) is 0 Å². The number of aromatic nitrogens is 7. The van der Waals surface area contributed by atoms with Crippen LogP contribution in [0, 0.1) is 23.6 Å². The van der Waals surface area contributed by atoms with Crippen molar-refractivity contribution in [1.82, 2.24) is 34.8 Å². The van der Waals surface area contributed by atoms with Gasteiger partial charge in [-0.15, -0.1) is 5.10 Å². The van der Waals surface area contributed by atoms with E-state index in [2.05, 4.69) is 35.6 Å². The van der Waals surface area contributed by atoms with Gasteiger partial charge in [-0.1, -0.05) is 0 Å². The molecule has 3 saturated carbocycles. The lowest BCUT2D eigenvalue weighted by Crippen LogP contribution is -2.51. The zero-order chi connectivity index (χ0) is 21.1. The number of aliphatic carboxylic acids is 1. The number of H-pyrrole nitrogens is 1.